The minimum Gasteiger partial charge on any atom is -0.497 e. The third kappa shape index (κ3) is 7.29. The molecule has 2 aromatic rings. The summed E-state index contributed by atoms with van der Waals surface area (Å²) in [6.45, 7) is 11.8. The van der Waals surface area contributed by atoms with E-state index in [-0.39, 0.29) is 30.9 Å². The van der Waals surface area contributed by atoms with Gasteiger partial charge in [0.05, 0.1) is 7.11 Å². The van der Waals surface area contributed by atoms with Gasteiger partial charge in [0.1, 0.15) is 17.5 Å². The molecule has 2 aromatic carbocycles. The minimum absolute atomic E-state index is 0.146. The standard InChI is InChI=1S/C26H36N2O4/c1-18(2)22-10-8-9-11-23(22)32-17-24(29)28(19(3)25(30)27-26(4,5)6)16-20-12-14-21(31-7)15-13-20/h8-15,18-19H,16-17H2,1-7H3,(H,27,30). The molecular weight excluding hydrogens is 404 g/mol. The van der Waals surface area contributed by atoms with E-state index in [0.29, 0.717) is 5.75 Å². The van der Waals surface area contributed by atoms with Gasteiger partial charge in [-0.15, -0.1) is 0 Å². The molecule has 0 saturated carbocycles. The van der Waals surface area contributed by atoms with Crippen LogP contribution in [0.2, 0.25) is 0 Å². The third-order valence-corrected chi connectivity index (χ3v) is 5.07. The molecule has 32 heavy (non-hydrogen) atoms. The second-order valence-electron chi connectivity index (χ2n) is 9.27. The van der Waals surface area contributed by atoms with Crippen LogP contribution in [0.25, 0.3) is 0 Å². The highest BCUT2D eigenvalue weighted by Crippen LogP contribution is 2.26. The second-order valence-corrected chi connectivity index (χ2v) is 9.27. The van der Waals surface area contributed by atoms with Crippen LogP contribution in [0.3, 0.4) is 0 Å². The molecule has 0 radical (unpaired) electrons. The van der Waals surface area contributed by atoms with Gasteiger partial charge in [-0.25, -0.2) is 0 Å². The summed E-state index contributed by atoms with van der Waals surface area (Å²) in [6, 6.07) is 14.5. The van der Waals surface area contributed by atoms with Gasteiger partial charge in [0.2, 0.25) is 5.91 Å². The molecule has 6 nitrogen and oxygen atoms in total. The van der Waals surface area contributed by atoms with Crippen molar-refractivity contribution in [3.05, 3.63) is 59.7 Å². The number of methoxy groups -OCH3 is 1. The number of nitrogens with zero attached hydrogens (tertiary/aromatic N) is 1. The van der Waals surface area contributed by atoms with E-state index in [9.17, 15) is 9.59 Å². The molecule has 174 valence electrons. The number of nitrogens with one attached hydrogen (secondary N) is 1. The molecule has 0 aliphatic rings. The van der Waals surface area contributed by atoms with Gasteiger partial charge < -0.3 is 19.7 Å². The third-order valence-electron chi connectivity index (χ3n) is 5.07. The van der Waals surface area contributed by atoms with E-state index in [1.165, 1.54) is 0 Å². The highest BCUT2D eigenvalue weighted by molar-refractivity contribution is 5.88. The molecule has 0 spiro atoms. The molecule has 0 bridgehead atoms. The monoisotopic (exact) mass is 440 g/mol. The lowest BCUT2D eigenvalue weighted by molar-refractivity contribution is -0.142. The summed E-state index contributed by atoms with van der Waals surface area (Å²) in [5.41, 5.74) is 1.55. The Labute approximate surface area is 191 Å². The van der Waals surface area contributed by atoms with E-state index in [4.69, 9.17) is 9.47 Å². The van der Waals surface area contributed by atoms with Crippen molar-refractivity contribution >= 4 is 11.8 Å². The molecule has 2 amide bonds. The SMILES string of the molecule is COc1ccc(CN(C(=O)COc2ccccc2C(C)C)C(C)C(=O)NC(C)(C)C)cc1. The Morgan fingerprint density at radius 1 is 1.00 bits per heavy atom. The first-order chi connectivity index (χ1) is 15.0. The molecule has 0 aliphatic carbocycles. The smallest absolute Gasteiger partial charge is 0.261 e. The molecular formula is C26H36N2O4. The quantitative estimate of drug-likeness (QED) is 0.622. The molecule has 0 saturated heterocycles. The van der Waals surface area contributed by atoms with Crippen LogP contribution < -0.4 is 14.8 Å². The Balaban J connectivity index is 2.22. The van der Waals surface area contributed by atoms with Crippen LogP contribution in [0, 0.1) is 0 Å². The van der Waals surface area contributed by atoms with Gasteiger partial charge in [0.15, 0.2) is 6.61 Å². The molecule has 0 aromatic heterocycles. The number of carbonyl (C=O) groups is 2. The van der Waals surface area contributed by atoms with Crippen molar-refractivity contribution in [1.82, 2.24) is 10.2 Å². The Bertz CT molecular complexity index is 901. The Morgan fingerprint density at radius 2 is 1.62 bits per heavy atom. The molecule has 6 heteroatoms. The summed E-state index contributed by atoms with van der Waals surface area (Å²) in [7, 11) is 1.61. The summed E-state index contributed by atoms with van der Waals surface area (Å²) < 4.78 is 11.1. The molecule has 2 rings (SSSR count). The minimum atomic E-state index is -0.659. The maximum absolute atomic E-state index is 13.2. The summed E-state index contributed by atoms with van der Waals surface area (Å²) in [6.07, 6.45) is 0. The normalized spacial score (nSPS) is 12.2. The Morgan fingerprint density at radius 3 is 2.19 bits per heavy atom. The average Bonchev–Trinajstić information content (AvgIpc) is 2.74. The predicted molar refractivity (Wildman–Crippen MR) is 127 cm³/mol. The Kier molecular flexibility index (Phi) is 8.70. The van der Waals surface area contributed by atoms with Crippen molar-refractivity contribution in [3.63, 3.8) is 0 Å². The van der Waals surface area contributed by atoms with Gasteiger partial charge in [-0.05, 0) is 62.9 Å². The van der Waals surface area contributed by atoms with E-state index in [2.05, 4.69) is 19.2 Å². The van der Waals surface area contributed by atoms with Gasteiger partial charge in [-0.1, -0.05) is 44.2 Å². The van der Waals surface area contributed by atoms with Gasteiger partial charge in [-0.2, -0.15) is 0 Å². The highest BCUT2D eigenvalue weighted by Gasteiger charge is 2.28. The second kappa shape index (κ2) is 11.0. The number of rotatable bonds is 9. The first-order valence-corrected chi connectivity index (χ1v) is 11.0. The van der Waals surface area contributed by atoms with E-state index in [0.717, 1.165) is 16.9 Å². The lowest BCUT2D eigenvalue weighted by Gasteiger charge is -2.31. The van der Waals surface area contributed by atoms with Crippen LogP contribution in [0.1, 0.15) is 58.6 Å². The fourth-order valence-corrected chi connectivity index (χ4v) is 3.30. The van der Waals surface area contributed by atoms with Crippen molar-refractivity contribution < 1.29 is 19.1 Å². The zero-order chi connectivity index (χ0) is 23.9. The van der Waals surface area contributed by atoms with Crippen molar-refractivity contribution in [1.29, 1.82) is 0 Å². The lowest BCUT2D eigenvalue weighted by Crippen LogP contribution is -2.53. The first-order valence-electron chi connectivity index (χ1n) is 11.0. The van der Waals surface area contributed by atoms with Crippen LogP contribution in [-0.2, 0) is 16.1 Å². The fourth-order valence-electron chi connectivity index (χ4n) is 3.30. The van der Waals surface area contributed by atoms with Gasteiger partial charge in [-0.3, -0.25) is 9.59 Å². The molecule has 0 aliphatic heterocycles. The van der Waals surface area contributed by atoms with Crippen LogP contribution in [0.4, 0.5) is 0 Å². The molecule has 1 unspecified atom stereocenters. The summed E-state index contributed by atoms with van der Waals surface area (Å²) in [5.74, 6) is 1.23. The van der Waals surface area contributed by atoms with Crippen molar-refractivity contribution in [2.24, 2.45) is 0 Å². The van der Waals surface area contributed by atoms with E-state index >= 15 is 0 Å². The maximum Gasteiger partial charge on any atom is 0.261 e. The van der Waals surface area contributed by atoms with Gasteiger partial charge in [0, 0.05) is 12.1 Å². The molecule has 1 atom stereocenters. The topological polar surface area (TPSA) is 67.9 Å². The first kappa shape index (κ1) is 25.2. The number of hydrogen-bond acceptors (Lipinski definition) is 4. The average molecular weight is 441 g/mol. The Hall–Kier alpha value is -3.02. The van der Waals surface area contributed by atoms with Crippen molar-refractivity contribution in [2.75, 3.05) is 13.7 Å². The van der Waals surface area contributed by atoms with Crippen LogP contribution in [-0.4, -0.2) is 42.0 Å². The van der Waals surface area contributed by atoms with Gasteiger partial charge >= 0.3 is 0 Å². The van der Waals surface area contributed by atoms with Crippen LogP contribution in [0.15, 0.2) is 48.5 Å². The zero-order valence-corrected chi connectivity index (χ0v) is 20.3. The zero-order valence-electron chi connectivity index (χ0n) is 20.3. The van der Waals surface area contributed by atoms with Crippen molar-refractivity contribution in [3.8, 4) is 11.5 Å². The predicted octanol–water partition coefficient (Wildman–Crippen LogP) is 4.53. The lowest BCUT2D eigenvalue weighted by atomic mass is 10.0. The van der Waals surface area contributed by atoms with Gasteiger partial charge in [0.25, 0.3) is 5.91 Å². The van der Waals surface area contributed by atoms with E-state index < -0.39 is 11.6 Å². The number of hydrogen-bond donors (Lipinski definition) is 1. The summed E-state index contributed by atoms with van der Waals surface area (Å²) in [5, 5.41) is 2.96. The number of benzene rings is 2. The largest absolute Gasteiger partial charge is 0.497 e. The number of ether oxygens (including phenoxy) is 2. The van der Waals surface area contributed by atoms with E-state index in [1.807, 2.05) is 69.3 Å². The molecule has 0 fully saturated rings. The summed E-state index contributed by atoms with van der Waals surface area (Å²) >= 11 is 0. The maximum atomic E-state index is 13.2. The fraction of sp³-hybridized carbons (Fsp3) is 0.462. The van der Waals surface area contributed by atoms with Crippen LogP contribution >= 0.6 is 0 Å². The molecule has 1 N–H and O–H groups in total. The number of para-hydroxylation sites is 1. The number of amides is 2. The summed E-state index contributed by atoms with van der Waals surface area (Å²) in [4.78, 5) is 27.6. The van der Waals surface area contributed by atoms with Crippen molar-refractivity contribution in [2.45, 2.75) is 65.6 Å². The highest BCUT2D eigenvalue weighted by atomic mass is 16.5. The van der Waals surface area contributed by atoms with E-state index in [1.54, 1.807) is 18.9 Å². The number of carbonyl (C=O) groups excluding carboxylic acids is 2. The van der Waals surface area contributed by atoms with Crippen LogP contribution in [0.5, 0.6) is 11.5 Å². The molecule has 0 heterocycles.